The summed E-state index contributed by atoms with van der Waals surface area (Å²) < 4.78 is 7.41. The zero-order valence-electron chi connectivity index (χ0n) is 11.9. The Labute approximate surface area is 128 Å². The van der Waals surface area contributed by atoms with Crippen molar-refractivity contribution in [2.75, 3.05) is 12.8 Å². The molecule has 21 heavy (non-hydrogen) atoms. The third kappa shape index (κ3) is 2.32. The number of fused-ring (bicyclic) bond motifs is 1. The highest BCUT2D eigenvalue weighted by Crippen LogP contribution is 2.30. The quantitative estimate of drug-likeness (QED) is 0.745. The van der Waals surface area contributed by atoms with Crippen molar-refractivity contribution < 1.29 is 4.74 Å². The van der Waals surface area contributed by atoms with Crippen molar-refractivity contribution in [2.24, 2.45) is 0 Å². The summed E-state index contributed by atoms with van der Waals surface area (Å²) >= 11 is 6.12. The third-order valence-corrected chi connectivity index (χ3v) is 3.86. The van der Waals surface area contributed by atoms with Crippen LogP contribution in [-0.4, -0.2) is 16.7 Å². The molecule has 5 heteroatoms. The molecule has 2 aromatic carbocycles. The van der Waals surface area contributed by atoms with E-state index in [0.717, 1.165) is 34.7 Å². The van der Waals surface area contributed by atoms with Gasteiger partial charge in [-0.2, -0.15) is 0 Å². The van der Waals surface area contributed by atoms with Crippen LogP contribution in [0.4, 0.5) is 5.69 Å². The Hall–Kier alpha value is -2.20. The lowest BCUT2D eigenvalue weighted by molar-refractivity contribution is 0.415. The molecular weight excluding hydrogens is 286 g/mol. The number of methoxy groups -OCH3 is 1. The maximum absolute atomic E-state index is 6.12. The maximum Gasteiger partial charge on any atom is 0.141 e. The van der Waals surface area contributed by atoms with Crippen LogP contribution in [0.25, 0.3) is 22.4 Å². The van der Waals surface area contributed by atoms with E-state index in [1.165, 1.54) is 0 Å². The second-order valence-electron chi connectivity index (χ2n) is 4.77. The predicted molar refractivity (Wildman–Crippen MR) is 86.8 cm³/mol. The summed E-state index contributed by atoms with van der Waals surface area (Å²) in [6.07, 6.45) is 0. The highest BCUT2D eigenvalue weighted by molar-refractivity contribution is 6.33. The first-order chi connectivity index (χ1) is 10.1. The Balaban J connectivity index is 2.23. The van der Waals surface area contributed by atoms with Gasteiger partial charge in [0, 0.05) is 18.2 Å². The Kier molecular flexibility index (Phi) is 3.47. The van der Waals surface area contributed by atoms with Gasteiger partial charge in [0.15, 0.2) is 0 Å². The van der Waals surface area contributed by atoms with Crippen LogP contribution < -0.4 is 10.5 Å². The fraction of sp³-hybridized carbons (Fsp3) is 0.188. The SMILES string of the molecule is CCn1c(-c2ccc(N)c(Cl)c2)nc2cc(OC)ccc21. The minimum absolute atomic E-state index is 0.541. The fourth-order valence-corrected chi connectivity index (χ4v) is 2.62. The van der Waals surface area contributed by atoms with E-state index in [2.05, 4.69) is 11.5 Å². The van der Waals surface area contributed by atoms with Gasteiger partial charge in [0.25, 0.3) is 0 Å². The lowest BCUT2D eigenvalue weighted by atomic mass is 10.2. The van der Waals surface area contributed by atoms with E-state index in [1.807, 2.05) is 30.3 Å². The fourth-order valence-electron chi connectivity index (χ4n) is 2.44. The molecule has 0 saturated heterocycles. The summed E-state index contributed by atoms with van der Waals surface area (Å²) in [5.74, 6) is 1.67. The Morgan fingerprint density at radius 3 is 2.71 bits per heavy atom. The molecule has 0 aliphatic heterocycles. The van der Waals surface area contributed by atoms with Crippen molar-refractivity contribution in [3.8, 4) is 17.1 Å². The van der Waals surface area contributed by atoms with Crippen molar-refractivity contribution >= 4 is 28.3 Å². The predicted octanol–water partition coefficient (Wildman–Crippen LogP) is 3.97. The zero-order chi connectivity index (χ0) is 15.0. The van der Waals surface area contributed by atoms with E-state index in [0.29, 0.717) is 10.7 Å². The molecule has 3 aromatic rings. The van der Waals surface area contributed by atoms with Crippen molar-refractivity contribution in [3.63, 3.8) is 0 Å². The van der Waals surface area contributed by atoms with Crippen LogP contribution in [0, 0.1) is 0 Å². The number of hydrogen-bond acceptors (Lipinski definition) is 3. The molecule has 0 unspecified atom stereocenters. The minimum atomic E-state index is 0.541. The van der Waals surface area contributed by atoms with E-state index in [9.17, 15) is 0 Å². The van der Waals surface area contributed by atoms with Crippen LogP contribution in [-0.2, 0) is 6.54 Å². The summed E-state index contributed by atoms with van der Waals surface area (Å²) in [4.78, 5) is 4.72. The molecule has 0 atom stereocenters. The molecule has 0 radical (unpaired) electrons. The molecule has 4 nitrogen and oxygen atoms in total. The van der Waals surface area contributed by atoms with Gasteiger partial charge in [-0.3, -0.25) is 0 Å². The van der Waals surface area contributed by atoms with Gasteiger partial charge in [-0.15, -0.1) is 0 Å². The average molecular weight is 302 g/mol. The van der Waals surface area contributed by atoms with Crippen molar-refractivity contribution in [1.29, 1.82) is 0 Å². The van der Waals surface area contributed by atoms with E-state index >= 15 is 0 Å². The van der Waals surface area contributed by atoms with Crippen LogP contribution in [0.15, 0.2) is 36.4 Å². The number of anilines is 1. The third-order valence-electron chi connectivity index (χ3n) is 3.53. The number of aromatic nitrogens is 2. The van der Waals surface area contributed by atoms with Gasteiger partial charge in [-0.05, 0) is 37.3 Å². The molecule has 108 valence electrons. The Bertz CT molecular complexity index is 811. The number of hydrogen-bond donors (Lipinski definition) is 1. The second-order valence-corrected chi connectivity index (χ2v) is 5.18. The average Bonchev–Trinajstić information content (AvgIpc) is 2.87. The highest BCUT2D eigenvalue weighted by atomic mass is 35.5. The normalized spacial score (nSPS) is 11.0. The van der Waals surface area contributed by atoms with Crippen molar-refractivity contribution in [2.45, 2.75) is 13.5 Å². The number of aryl methyl sites for hydroxylation is 1. The number of imidazole rings is 1. The molecule has 0 fully saturated rings. The first-order valence-electron chi connectivity index (χ1n) is 6.73. The number of nitrogens with zero attached hydrogens (tertiary/aromatic N) is 2. The minimum Gasteiger partial charge on any atom is -0.497 e. The number of ether oxygens (including phenoxy) is 1. The highest BCUT2D eigenvalue weighted by Gasteiger charge is 2.13. The monoisotopic (exact) mass is 301 g/mol. The lowest BCUT2D eigenvalue weighted by Gasteiger charge is -2.07. The molecule has 2 N–H and O–H groups in total. The molecule has 0 aliphatic carbocycles. The van der Waals surface area contributed by atoms with Gasteiger partial charge in [-0.25, -0.2) is 4.98 Å². The van der Waals surface area contributed by atoms with E-state index < -0.39 is 0 Å². The number of rotatable bonds is 3. The van der Waals surface area contributed by atoms with Crippen LogP contribution >= 0.6 is 11.6 Å². The van der Waals surface area contributed by atoms with Crippen LogP contribution in [0.5, 0.6) is 5.75 Å². The molecule has 1 heterocycles. The van der Waals surface area contributed by atoms with Crippen LogP contribution in [0.3, 0.4) is 0 Å². The van der Waals surface area contributed by atoms with Crippen molar-refractivity contribution in [1.82, 2.24) is 9.55 Å². The molecule has 0 amide bonds. The number of nitrogens with two attached hydrogens (primary N) is 1. The van der Waals surface area contributed by atoms with Gasteiger partial charge < -0.3 is 15.0 Å². The van der Waals surface area contributed by atoms with Crippen LogP contribution in [0.2, 0.25) is 5.02 Å². The van der Waals surface area contributed by atoms with Gasteiger partial charge in [0.2, 0.25) is 0 Å². The van der Waals surface area contributed by atoms with Gasteiger partial charge >= 0.3 is 0 Å². The summed E-state index contributed by atoms with van der Waals surface area (Å²) in [7, 11) is 1.65. The lowest BCUT2D eigenvalue weighted by Crippen LogP contribution is -1.98. The van der Waals surface area contributed by atoms with Gasteiger partial charge in [0.1, 0.15) is 11.6 Å². The van der Waals surface area contributed by atoms with E-state index in [-0.39, 0.29) is 0 Å². The molecule has 0 saturated carbocycles. The molecule has 0 spiro atoms. The maximum atomic E-state index is 6.12. The molecule has 1 aromatic heterocycles. The first kappa shape index (κ1) is 13.8. The second kappa shape index (κ2) is 5.30. The Morgan fingerprint density at radius 2 is 2.05 bits per heavy atom. The van der Waals surface area contributed by atoms with E-state index in [4.69, 9.17) is 27.1 Å². The molecular formula is C16H16ClN3O. The largest absolute Gasteiger partial charge is 0.497 e. The molecule has 0 bridgehead atoms. The summed E-state index contributed by atoms with van der Waals surface area (Å²) in [5.41, 5.74) is 9.27. The molecule has 0 aliphatic rings. The standard InChI is InChI=1S/C16H16ClN3O/c1-3-20-15-7-5-11(21-2)9-14(15)19-16(20)10-4-6-13(18)12(17)8-10/h4-9H,3,18H2,1-2H3. The number of nitrogen functional groups attached to an aromatic ring is 1. The first-order valence-corrected chi connectivity index (χ1v) is 7.11. The zero-order valence-corrected chi connectivity index (χ0v) is 12.7. The molecule has 3 rings (SSSR count). The summed E-state index contributed by atoms with van der Waals surface area (Å²) in [6, 6.07) is 11.5. The number of benzene rings is 2. The Morgan fingerprint density at radius 1 is 1.24 bits per heavy atom. The summed E-state index contributed by atoms with van der Waals surface area (Å²) in [5, 5.41) is 0.541. The van der Waals surface area contributed by atoms with Gasteiger partial charge in [0.05, 0.1) is 28.9 Å². The van der Waals surface area contributed by atoms with Crippen LogP contribution in [0.1, 0.15) is 6.92 Å². The number of halogens is 1. The van der Waals surface area contributed by atoms with Crippen molar-refractivity contribution in [3.05, 3.63) is 41.4 Å². The summed E-state index contributed by atoms with van der Waals surface area (Å²) in [6.45, 7) is 2.91. The topological polar surface area (TPSA) is 53.1 Å². The smallest absolute Gasteiger partial charge is 0.141 e. The van der Waals surface area contributed by atoms with Gasteiger partial charge in [-0.1, -0.05) is 11.6 Å². The van der Waals surface area contributed by atoms with E-state index in [1.54, 1.807) is 13.2 Å².